The van der Waals surface area contributed by atoms with Crippen LogP contribution in [-0.4, -0.2) is 6.54 Å². The summed E-state index contributed by atoms with van der Waals surface area (Å²) in [5.74, 6) is 0. The van der Waals surface area contributed by atoms with E-state index >= 15 is 0 Å². The smallest absolute Gasteiger partial charge is 0.0843 e. The van der Waals surface area contributed by atoms with Crippen molar-refractivity contribution < 1.29 is 0 Å². The average molecular weight is 403 g/mol. The maximum Gasteiger partial charge on any atom is 0.0843 e. The predicted octanol–water partition coefficient (Wildman–Crippen LogP) is 5.59. The molecule has 1 unspecified atom stereocenters. The van der Waals surface area contributed by atoms with Gasteiger partial charge in [-0.3, -0.25) is 0 Å². The summed E-state index contributed by atoms with van der Waals surface area (Å²) in [6.07, 6.45) is 0. The summed E-state index contributed by atoms with van der Waals surface area (Å²) in [5, 5.41) is 3.57. The lowest BCUT2D eigenvalue weighted by Gasteiger charge is -2.18. The summed E-state index contributed by atoms with van der Waals surface area (Å²) < 4.78 is 2.27. The Bertz CT molecular complexity index is 558. The van der Waals surface area contributed by atoms with Crippen LogP contribution >= 0.6 is 43.2 Å². The Kier molecular flexibility index (Phi) is 5.23. The van der Waals surface area contributed by atoms with Crippen molar-refractivity contribution in [3.63, 3.8) is 0 Å². The molecule has 0 aliphatic rings. The van der Waals surface area contributed by atoms with Crippen molar-refractivity contribution in [3.8, 4) is 0 Å². The van der Waals surface area contributed by atoms with E-state index in [1.54, 1.807) is 11.3 Å². The average Bonchev–Trinajstić information content (AvgIpc) is 2.70. The number of thiophene rings is 1. The van der Waals surface area contributed by atoms with E-state index in [9.17, 15) is 0 Å². The van der Waals surface area contributed by atoms with Crippen LogP contribution in [0.15, 0.2) is 32.5 Å². The van der Waals surface area contributed by atoms with Crippen LogP contribution in [0.4, 0.5) is 0 Å². The van der Waals surface area contributed by atoms with Gasteiger partial charge in [0.05, 0.1) is 9.83 Å². The largest absolute Gasteiger partial charge is 0.306 e. The fraction of sp³-hybridized carbons (Fsp3) is 0.333. The molecule has 1 heterocycles. The van der Waals surface area contributed by atoms with E-state index in [-0.39, 0.29) is 6.04 Å². The van der Waals surface area contributed by atoms with Gasteiger partial charge in [-0.2, -0.15) is 0 Å². The lowest BCUT2D eigenvalue weighted by Crippen LogP contribution is -2.21. The van der Waals surface area contributed by atoms with Crippen LogP contribution < -0.4 is 5.32 Å². The van der Waals surface area contributed by atoms with Gasteiger partial charge in [-0.15, -0.1) is 11.3 Å². The van der Waals surface area contributed by atoms with Gasteiger partial charge >= 0.3 is 0 Å². The molecule has 4 heteroatoms. The molecule has 0 fully saturated rings. The van der Waals surface area contributed by atoms with E-state index in [0.717, 1.165) is 14.8 Å². The molecular formula is C15H17Br2NS. The molecule has 0 amide bonds. The van der Waals surface area contributed by atoms with Gasteiger partial charge in [-0.1, -0.05) is 25.1 Å². The highest BCUT2D eigenvalue weighted by Gasteiger charge is 2.17. The predicted molar refractivity (Wildman–Crippen MR) is 91.2 cm³/mol. The number of halogens is 2. The summed E-state index contributed by atoms with van der Waals surface area (Å²) >= 11 is 8.92. The highest BCUT2D eigenvalue weighted by atomic mass is 79.9. The Balaban J connectivity index is 2.41. The zero-order valence-electron chi connectivity index (χ0n) is 11.3. The molecule has 0 radical (unpaired) electrons. The maximum atomic E-state index is 3.58. The molecule has 0 spiro atoms. The molecule has 1 atom stereocenters. The van der Waals surface area contributed by atoms with E-state index in [1.807, 2.05) is 0 Å². The summed E-state index contributed by atoms with van der Waals surface area (Å²) in [4.78, 5) is 1.32. The molecule has 0 bridgehead atoms. The zero-order valence-corrected chi connectivity index (χ0v) is 15.2. The first kappa shape index (κ1) is 15.2. The third-order valence-electron chi connectivity index (χ3n) is 3.22. The standard InChI is InChI=1S/C15H17Br2NS/c1-4-18-14(13-8-12(16)15(17)19-13)11-6-5-9(2)10(3)7-11/h5-8,14,18H,4H2,1-3H3. The first-order valence-electron chi connectivity index (χ1n) is 6.28. The number of benzene rings is 1. The lowest BCUT2D eigenvalue weighted by atomic mass is 10.00. The molecule has 1 N–H and O–H groups in total. The van der Waals surface area contributed by atoms with E-state index in [4.69, 9.17) is 0 Å². The summed E-state index contributed by atoms with van der Waals surface area (Å²) in [6, 6.07) is 9.16. The molecule has 0 saturated heterocycles. The second-order valence-corrected chi connectivity index (χ2v) is 7.86. The Morgan fingerprint density at radius 1 is 1.16 bits per heavy atom. The second-order valence-electron chi connectivity index (χ2n) is 4.60. The van der Waals surface area contributed by atoms with Gasteiger partial charge in [0.15, 0.2) is 0 Å². The Morgan fingerprint density at radius 2 is 1.89 bits per heavy atom. The molecular weight excluding hydrogens is 386 g/mol. The van der Waals surface area contributed by atoms with Crippen molar-refractivity contribution in [3.05, 3.63) is 54.1 Å². The van der Waals surface area contributed by atoms with Crippen LogP contribution in [0.1, 0.15) is 34.5 Å². The number of aryl methyl sites for hydroxylation is 2. The van der Waals surface area contributed by atoms with Crippen molar-refractivity contribution in [1.29, 1.82) is 0 Å². The summed E-state index contributed by atoms with van der Waals surface area (Å²) in [6.45, 7) is 7.41. The third kappa shape index (κ3) is 3.48. The van der Waals surface area contributed by atoms with Gasteiger partial charge in [0.2, 0.25) is 0 Å². The molecule has 1 aromatic carbocycles. The normalized spacial score (nSPS) is 12.7. The van der Waals surface area contributed by atoms with Crippen LogP contribution in [-0.2, 0) is 0 Å². The molecule has 0 aliphatic heterocycles. The molecule has 0 aliphatic carbocycles. The quantitative estimate of drug-likeness (QED) is 0.702. The van der Waals surface area contributed by atoms with E-state index in [0.29, 0.717) is 0 Å². The van der Waals surface area contributed by atoms with Crippen LogP contribution in [0.2, 0.25) is 0 Å². The minimum Gasteiger partial charge on any atom is -0.306 e. The van der Waals surface area contributed by atoms with Gasteiger partial charge in [0.1, 0.15) is 0 Å². The van der Waals surface area contributed by atoms with Crippen LogP contribution in [0, 0.1) is 13.8 Å². The van der Waals surface area contributed by atoms with Crippen LogP contribution in [0.25, 0.3) is 0 Å². The van der Waals surface area contributed by atoms with Gasteiger partial charge in [-0.05, 0) is 75.0 Å². The first-order valence-corrected chi connectivity index (χ1v) is 8.68. The number of nitrogens with one attached hydrogen (secondary N) is 1. The molecule has 19 heavy (non-hydrogen) atoms. The topological polar surface area (TPSA) is 12.0 Å². The van der Waals surface area contributed by atoms with Gasteiger partial charge < -0.3 is 5.32 Å². The van der Waals surface area contributed by atoms with Crippen molar-refractivity contribution >= 4 is 43.2 Å². The van der Waals surface area contributed by atoms with E-state index in [2.05, 4.69) is 82.2 Å². The van der Waals surface area contributed by atoms with Gasteiger partial charge in [0, 0.05) is 9.35 Å². The maximum absolute atomic E-state index is 3.58. The Labute approximate surface area is 135 Å². The van der Waals surface area contributed by atoms with Crippen molar-refractivity contribution in [1.82, 2.24) is 5.32 Å². The van der Waals surface area contributed by atoms with Crippen LogP contribution in [0.5, 0.6) is 0 Å². The van der Waals surface area contributed by atoms with Crippen molar-refractivity contribution in [2.45, 2.75) is 26.8 Å². The fourth-order valence-corrected chi connectivity index (χ4v) is 4.23. The highest BCUT2D eigenvalue weighted by Crippen LogP contribution is 2.37. The number of hydrogen-bond acceptors (Lipinski definition) is 2. The molecule has 1 aromatic heterocycles. The van der Waals surface area contributed by atoms with E-state index in [1.165, 1.54) is 21.6 Å². The molecule has 1 nitrogen and oxygen atoms in total. The van der Waals surface area contributed by atoms with Gasteiger partial charge in [0.25, 0.3) is 0 Å². The van der Waals surface area contributed by atoms with Crippen LogP contribution in [0.3, 0.4) is 0 Å². The molecule has 2 aromatic rings. The summed E-state index contributed by atoms with van der Waals surface area (Å²) in [5.41, 5.74) is 4.01. The lowest BCUT2D eigenvalue weighted by molar-refractivity contribution is 0.639. The third-order valence-corrected chi connectivity index (χ3v) is 6.54. The zero-order chi connectivity index (χ0) is 14.0. The molecule has 0 saturated carbocycles. The SMILES string of the molecule is CCNC(c1ccc(C)c(C)c1)c1cc(Br)c(Br)s1. The Morgan fingerprint density at radius 3 is 2.42 bits per heavy atom. The first-order chi connectivity index (χ1) is 9.02. The minimum atomic E-state index is 0.261. The fourth-order valence-electron chi connectivity index (χ4n) is 2.04. The molecule has 102 valence electrons. The van der Waals surface area contributed by atoms with Crippen molar-refractivity contribution in [2.75, 3.05) is 6.54 Å². The number of hydrogen-bond donors (Lipinski definition) is 1. The minimum absolute atomic E-state index is 0.261. The highest BCUT2D eigenvalue weighted by molar-refractivity contribution is 9.13. The summed E-state index contributed by atoms with van der Waals surface area (Å²) in [7, 11) is 0. The molecule has 2 rings (SSSR count). The number of rotatable bonds is 4. The van der Waals surface area contributed by atoms with E-state index < -0.39 is 0 Å². The monoisotopic (exact) mass is 401 g/mol. The van der Waals surface area contributed by atoms with Gasteiger partial charge in [-0.25, -0.2) is 0 Å². The second kappa shape index (κ2) is 6.53. The van der Waals surface area contributed by atoms with Crippen molar-refractivity contribution in [2.24, 2.45) is 0 Å². The Hall–Kier alpha value is -0.160.